The first-order valence-corrected chi connectivity index (χ1v) is 10.4. The first kappa shape index (κ1) is 24.1. The summed E-state index contributed by atoms with van der Waals surface area (Å²) in [5.74, 6) is -0.989. The van der Waals surface area contributed by atoms with Crippen LogP contribution in [0.15, 0.2) is 78.9 Å². The number of rotatable bonds is 11. The lowest BCUT2D eigenvalue weighted by Crippen LogP contribution is -2.17. The second-order valence-corrected chi connectivity index (χ2v) is 7.24. The zero-order chi connectivity index (χ0) is 24.3. The molecule has 0 aliphatic carbocycles. The number of anilines is 1. The zero-order valence-corrected chi connectivity index (χ0v) is 18.1. The second-order valence-electron chi connectivity index (χ2n) is 7.24. The maximum atomic E-state index is 12.3. The average Bonchev–Trinajstić information content (AvgIpc) is 2.86. The molecule has 0 aromatic heterocycles. The summed E-state index contributed by atoms with van der Waals surface area (Å²) in [7, 11) is 0. The molecule has 9 nitrogen and oxygen atoms in total. The fraction of sp³-hybridized carbons (Fsp3) is 0.160. The minimum absolute atomic E-state index is 0.161. The van der Waals surface area contributed by atoms with E-state index in [1.807, 2.05) is 30.3 Å². The first-order chi connectivity index (χ1) is 16.4. The molecule has 0 saturated heterocycles. The van der Waals surface area contributed by atoms with Crippen molar-refractivity contribution in [2.24, 2.45) is 0 Å². The van der Waals surface area contributed by atoms with Gasteiger partial charge in [0, 0.05) is 29.8 Å². The van der Waals surface area contributed by atoms with Gasteiger partial charge in [-0.3, -0.25) is 24.5 Å². The van der Waals surface area contributed by atoms with Crippen molar-refractivity contribution >= 4 is 29.0 Å². The van der Waals surface area contributed by atoms with Gasteiger partial charge in [0.15, 0.2) is 12.4 Å². The van der Waals surface area contributed by atoms with Crippen LogP contribution in [0.1, 0.15) is 28.8 Å². The molecule has 1 amide bonds. The summed E-state index contributed by atoms with van der Waals surface area (Å²) < 4.78 is 10.6. The van der Waals surface area contributed by atoms with Crippen LogP contribution in [0, 0.1) is 10.1 Å². The lowest BCUT2D eigenvalue weighted by atomic mass is 10.1. The normalized spacial score (nSPS) is 10.2. The SMILES string of the molecule is O=C(CCC(=O)OCC(=O)c1ccc(OCc2ccccc2)cc1)Nc1cccc([N+](=O)[O-])c1. The highest BCUT2D eigenvalue weighted by atomic mass is 16.6. The van der Waals surface area contributed by atoms with E-state index >= 15 is 0 Å². The lowest BCUT2D eigenvalue weighted by Gasteiger charge is -2.08. The molecule has 3 aromatic carbocycles. The number of nitrogens with one attached hydrogen (secondary N) is 1. The number of hydrogen-bond acceptors (Lipinski definition) is 7. The van der Waals surface area contributed by atoms with Gasteiger partial charge < -0.3 is 14.8 Å². The van der Waals surface area contributed by atoms with E-state index in [0.717, 1.165) is 5.56 Å². The maximum absolute atomic E-state index is 12.3. The van der Waals surface area contributed by atoms with Crippen molar-refractivity contribution in [2.75, 3.05) is 11.9 Å². The number of Topliss-reactive ketones (excluding diaryl/α,β-unsaturated/α-hetero) is 1. The summed E-state index contributed by atoms with van der Waals surface area (Å²) in [6, 6.07) is 21.6. The first-order valence-electron chi connectivity index (χ1n) is 10.4. The Morgan fingerprint density at radius 1 is 0.882 bits per heavy atom. The number of nitrogens with zero attached hydrogens (tertiary/aromatic N) is 1. The summed E-state index contributed by atoms with van der Waals surface area (Å²) in [6.07, 6.45) is -0.427. The Morgan fingerprint density at radius 2 is 1.62 bits per heavy atom. The molecule has 0 fully saturated rings. The number of carbonyl (C=O) groups excluding carboxylic acids is 3. The van der Waals surface area contributed by atoms with Gasteiger partial charge in [0.1, 0.15) is 12.4 Å². The van der Waals surface area contributed by atoms with Gasteiger partial charge in [-0.05, 0) is 35.9 Å². The van der Waals surface area contributed by atoms with Crippen molar-refractivity contribution in [1.82, 2.24) is 0 Å². The van der Waals surface area contributed by atoms with Gasteiger partial charge in [-0.1, -0.05) is 36.4 Å². The van der Waals surface area contributed by atoms with Gasteiger partial charge >= 0.3 is 5.97 Å². The molecule has 0 radical (unpaired) electrons. The van der Waals surface area contributed by atoms with Gasteiger partial charge in [0.25, 0.3) is 5.69 Å². The number of ketones is 1. The zero-order valence-electron chi connectivity index (χ0n) is 18.1. The molecule has 0 unspecified atom stereocenters. The van der Waals surface area contributed by atoms with Crippen LogP contribution in [-0.4, -0.2) is 29.2 Å². The second kappa shape index (κ2) is 11.9. The lowest BCUT2D eigenvalue weighted by molar-refractivity contribution is -0.384. The number of carbonyl (C=O) groups is 3. The van der Waals surface area contributed by atoms with Crippen LogP contribution < -0.4 is 10.1 Å². The van der Waals surface area contributed by atoms with E-state index in [-0.39, 0.29) is 30.0 Å². The summed E-state index contributed by atoms with van der Waals surface area (Å²) >= 11 is 0. The van der Waals surface area contributed by atoms with Gasteiger partial charge in [0.2, 0.25) is 5.91 Å². The van der Waals surface area contributed by atoms with Gasteiger partial charge in [-0.25, -0.2) is 0 Å². The van der Waals surface area contributed by atoms with Crippen LogP contribution in [0.3, 0.4) is 0 Å². The fourth-order valence-electron chi connectivity index (χ4n) is 2.92. The number of ether oxygens (including phenoxy) is 2. The quantitative estimate of drug-likeness (QED) is 0.195. The van der Waals surface area contributed by atoms with Gasteiger partial charge in [0.05, 0.1) is 11.3 Å². The maximum Gasteiger partial charge on any atom is 0.306 e. The molecule has 3 aromatic rings. The topological polar surface area (TPSA) is 125 Å². The molecule has 3 rings (SSSR count). The van der Waals surface area contributed by atoms with Crippen molar-refractivity contribution in [1.29, 1.82) is 0 Å². The van der Waals surface area contributed by atoms with Gasteiger partial charge in [-0.15, -0.1) is 0 Å². The van der Waals surface area contributed by atoms with E-state index in [1.54, 1.807) is 24.3 Å². The van der Waals surface area contributed by atoms with Crippen molar-refractivity contribution in [2.45, 2.75) is 19.4 Å². The van der Waals surface area contributed by atoms with Gasteiger partial charge in [-0.2, -0.15) is 0 Å². The van der Waals surface area contributed by atoms with Crippen LogP contribution in [0.5, 0.6) is 5.75 Å². The molecule has 0 saturated carbocycles. The standard InChI is InChI=1S/C25H22N2O7/c28-23(19-9-11-22(12-10-19)33-16-18-5-2-1-3-6-18)17-34-25(30)14-13-24(29)26-20-7-4-8-21(15-20)27(31)32/h1-12,15H,13-14,16-17H2,(H,26,29). The average molecular weight is 462 g/mol. The molecule has 0 atom stereocenters. The minimum atomic E-state index is -0.703. The Labute approximate surface area is 195 Å². The molecule has 1 N–H and O–H groups in total. The highest BCUT2D eigenvalue weighted by Gasteiger charge is 2.13. The molecule has 0 aliphatic heterocycles. The number of amides is 1. The highest BCUT2D eigenvalue weighted by Crippen LogP contribution is 2.17. The molecule has 174 valence electrons. The molecular formula is C25H22N2O7. The number of esters is 1. The van der Waals surface area contributed by atoms with E-state index in [2.05, 4.69) is 5.32 Å². The third-order valence-electron chi connectivity index (χ3n) is 4.69. The summed E-state index contributed by atoms with van der Waals surface area (Å²) in [5.41, 5.74) is 1.47. The van der Waals surface area contributed by atoms with Crippen molar-refractivity contribution < 1.29 is 28.8 Å². The molecule has 0 heterocycles. The minimum Gasteiger partial charge on any atom is -0.489 e. The highest BCUT2D eigenvalue weighted by molar-refractivity contribution is 5.98. The summed E-state index contributed by atoms with van der Waals surface area (Å²) in [5, 5.41) is 13.3. The summed E-state index contributed by atoms with van der Waals surface area (Å²) in [6.45, 7) is -0.0456. The Morgan fingerprint density at radius 3 is 2.32 bits per heavy atom. The summed E-state index contributed by atoms with van der Waals surface area (Å²) in [4.78, 5) is 46.3. The van der Waals surface area contributed by atoms with E-state index in [1.165, 1.54) is 24.3 Å². The molecule has 0 spiro atoms. The number of non-ortho nitro benzene ring substituents is 1. The molecular weight excluding hydrogens is 440 g/mol. The molecule has 0 aliphatic rings. The smallest absolute Gasteiger partial charge is 0.306 e. The monoisotopic (exact) mass is 462 g/mol. The number of hydrogen-bond donors (Lipinski definition) is 1. The third kappa shape index (κ3) is 7.56. The van der Waals surface area contributed by atoms with Crippen LogP contribution in [0.4, 0.5) is 11.4 Å². The molecule has 9 heteroatoms. The number of nitro groups is 1. The van der Waals surface area contributed by atoms with Crippen molar-refractivity contribution in [3.8, 4) is 5.75 Å². The molecule has 34 heavy (non-hydrogen) atoms. The Hall–Kier alpha value is -4.53. The Balaban J connectivity index is 1.38. The third-order valence-corrected chi connectivity index (χ3v) is 4.69. The van der Waals surface area contributed by atoms with Crippen LogP contribution >= 0.6 is 0 Å². The predicted molar refractivity (Wildman–Crippen MR) is 123 cm³/mol. The van der Waals surface area contributed by atoms with E-state index in [0.29, 0.717) is 17.9 Å². The van der Waals surface area contributed by atoms with E-state index in [4.69, 9.17) is 9.47 Å². The van der Waals surface area contributed by atoms with Crippen LogP contribution in [0.2, 0.25) is 0 Å². The van der Waals surface area contributed by atoms with E-state index in [9.17, 15) is 24.5 Å². The van der Waals surface area contributed by atoms with Crippen LogP contribution in [0.25, 0.3) is 0 Å². The Kier molecular flexibility index (Phi) is 8.45. The van der Waals surface area contributed by atoms with Crippen LogP contribution in [-0.2, 0) is 20.9 Å². The van der Waals surface area contributed by atoms with Crippen molar-refractivity contribution in [3.63, 3.8) is 0 Å². The predicted octanol–water partition coefficient (Wildman–Crippen LogP) is 4.32. The molecule has 0 bridgehead atoms. The number of nitro benzene ring substituents is 1. The van der Waals surface area contributed by atoms with E-state index < -0.39 is 23.4 Å². The largest absolute Gasteiger partial charge is 0.489 e. The Bertz CT molecular complexity index is 1160. The number of benzene rings is 3. The van der Waals surface area contributed by atoms with Crippen molar-refractivity contribution in [3.05, 3.63) is 100 Å². The fourth-order valence-corrected chi connectivity index (χ4v) is 2.92.